The minimum atomic E-state index is -0.452. The Morgan fingerprint density at radius 1 is 1.14 bits per heavy atom. The average molecular weight is 379 g/mol. The van der Waals surface area contributed by atoms with Gasteiger partial charge in [-0.15, -0.1) is 0 Å². The van der Waals surface area contributed by atoms with E-state index in [1.165, 1.54) is 5.56 Å². The first-order valence-electron chi connectivity index (χ1n) is 9.53. The van der Waals surface area contributed by atoms with E-state index >= 15 is 0 Å². The standard InChI is InChI=1S/C21H25N5O2/c1-28-16-7-5-15(6-8-16)9-10-25-11-13-26(14-12-25)21-23-18-4-2-3-17(20(22)27)19(18)24-21/h2-8H,9-14H2,1H3,(H2,22,27)(H,23,24). The van der Waals surface area contributed by atoms with E-state index < -0.39 is 5.91 Å². The lowest BCUT2D eigenvalue weighted by molar-refractivity contribution is 0.100. The molecule has 1 fully saturated rings. The molecule has 4 rings (SSSR count). The largest absolute Gasteiger partial charge is 0.497 e. The van der Waals surface area contributed by atoms with Crippen molar-refractivity contribution in [2.24, 2.45) is 5.73 Å². The van der Waals surface area contributed by atoms with Crippen LogP contribution in [0, 0.1) is 0 Å². The molecule has 7 heteroatoms. The minimum Gasteiger partial charge on any atom is -0.497 e. The second-order valence-electron chi connectivity index (χ2n) is 7.05. The predicted octanol–water partition coefficient (Wildman–Crippen LogP) is 2.04. The van der Waals surface area contributed by atoms with Crippen molar-refractivity contribution >= 4 is 22.9 Å². The SMILES string of the molecule is COc1ccc(CCN2CCN(c3nc4c(C(N)=O)cccc4[nH]3)CC2)cc1. The Labute approximate surface area is 164 Å². The number of rotatable bonds is 6. The van der Waals surface area contributed by atoms with E-state index in [-0.39, 0.29) is 0 Å². The van der Waals surface area contributed by atoms with Crippen LogP contribution in [0.1, 0.15) is 15.9 Å². The number of para-hydroxylation sites is 1. The summed E-state index contributed by atoms with van der Waals surface area (Å²) in [7, 11) is 1.69. The lowest BCUT2D eigenvalue weighted by Crippen LogP contribution is -2.47. The highest BCUT2D eigenvalue weighted by molar-refractivity contribution is 6.04. The Morgan fingerprint density at radius 2 is 1.89 bits per heavy atom. The molecule has 0 aliphatic carbocycles. The van der Waals surface area contributed by atoms with E-state index in [9.17, 15) is 4.79 Å². The molecule has 2 aromatic carbocycles. The molecule has 0 bridgehead atoms. The molecule has 0 radical (unpaired) electrons. The fourth-order valence-electron chi connectivity index (χ4n) is 3.63. The Kier molecular flexibility index (Phi) is 5.16. The average Bonchev–Trinajstić information content (AvgIpc) is 3.17. The third-order valence-electron chi connectivity index (χ3n) is 5.31. The van der Waals surface area contributed by atoms with Crippen LogP contribution < -0.4 is 15.4 Å². The number of aromatic nitrogens is 2. The molecule has 146 valence electrons. The van der Waals surface area contributed by atoms with Crippen LogP contribution in [0.4, 0.5) is 5.95 Å². The molecule has 1 aliphatic heterocycles. The van der Waals surface area contributed by atoms with E-state index in [1.807, 2.05) is 24.3 Å². The van der Waals surface area contributed by atoms with E-state index in [1.54, 1.807) is 13.2 Å². The first kappa shape index (κ1) is 18.3. The molecular formula is C21H25N5O2. The first-order chi connectivity index (χ1) is 13.6. The van der Waals surface area contributed by atoms with Crippen LogP contribution in [0.15, 0.2) is 42.5 Å². The fraction of sp³-hybridized carbons (Fsp3) is 0.333. The molecule has 1 saturated heterocycles. The number of carbonyl (C=O) groups is 1. The summed E-state index contributed by atoms with van der Waals surface area (Å²) >= 11 is 0. The van der Waals surface area contributed by atoms with Crippen LogP contribution >= 0.6 is 0 Å². The molecule has 0 atom stereocenters. The highest BCUT2D eigenvalue weighted by Gasteiger charge is 2.20. The van der Waals surface area contributed by atoms with Crippen molar-refractivity contribution < 1.29 is 9.53 Å². The number of hydrogen-bond donors (Lipinski definition) is 2. The molecule has 3 aromatic rings. The van der Waals surface area contributed by atoms with Crippen LogP contribution in [-0.4, -0.2) is 60.6 Å². The number of benzene rings is 2. The molecule has 1 amide bonds. The third kappa shape index (κ3) is 3.80. The predicted molar refractivity (Wildman–Crippen MR) is 110 cm³/mol. The lowest BCUT2D eigenvalue weighted by Gasteiger charge is -2.34. The summed E-state index contributed by atoms with van der Waals surface area (Å²) < 4.78 is 5.21. The van der Waals surface area contributed by atoms with E-state index in [0.29, 0.717) is 11.1 Å². The van der Waals surface area contributed by atoms with Crippen LogP contribution in [0.2, 0.25) is 0 Å². The van der Waals surface area contributed by atoms with Gasteiger partial charge in [-0.2, -0.15) is 0 Å². The number of nitrogens with one attached hydrogen (secondary N) is 1. The van der Waals surface area contributed by atoms with Gasteiger partial charge in [-0.25, -0.2) is 4.98 Å². The summed E-state index contributed by atoms with van der Waals surface area (Å²) in [4.78, 5) is 24.3. The van der Waals surface area contributed by atoms with E-state index in [4.69, 9.17) is 10.5 Å². The van der Waals surface area contributed by atoms with Gasteiger partial charge in [0.2, 0.25) is 5.95 Å². The highest BCUT2D eigenvalue weighted by Crippen LogP contribution is 2.22. The van der Waals surface area contributed by atoms with Gasteiger partial charge in [0.1, 0.15) is 11.3 Å². The van der Waals surface area contributed by atoms with Crippen molar-refractivity contribution in [3.05, 3.63) is 53.6 Å². The molecule has 3 N–H and O–H groups in total. The number of nitrogens with two attached hydrogens (primary N) is 1. The topological polar surface area (TPSA) is 87.5 Å². The fourth-order valence-corrected chi connectivity index (χ4v) is 3.63. The van der Waals surface area contributed by atoms with Gasteiger partial charge < -0.3 is 20.4 Å². The quantitative estimate of drug-likeness (QED) is 0.684. The van der Waals surface area contributed by atoms with E-state index in [2.05, 4.69) is 31.9 Å². The van der Waals surface area contributed by atoms with Crippen molar-refractivity contribution in [1.29, 1.82) is 0 Å². The number of imidazole rings is 1. The van der Waals surface area contributed by atoms with Crippen LogP contribution in [0.3, 0.4) is 0 Å². The van der Waals surface area contributed by atoms with Gasteiger partial charge in [-0.3, -0.25) is 9.69 Å². The Balaban J connectivity index is 1.35. The van der Waals surface area contributed by atoms with Crippen molar-refractivity contribution in [2.75, 3.05) is 44.7 Å². The van der Waals surface area contributed by atoms with Crippen LogP contribution in [0.25, 0.3) is 11.0 Å². The van der Waals surface area contributed by atoms with Gasteiger partial charge >= 0.3 is 0 Å². The summed E-state index contributed by atoms with van der Waals surface area (Å²) in [5, 5.41) is 0. The zero-order chi connectivity index (χ0) is 19.5. The maximum absolute atomic E-state index is 11.6. The van der Waals surface area contributed by atoms with Gasteiger partial charge in [0.05, 0.1) is 18.2 Å². The Morgan fingerprint density at radius 3 is 2.57 bits per heavy atom. The number of nitrogens with zero attached hydrogens (tertiary/aromatic N) is 3. The molecule has 0 saturated carbocycles. The maximum atomic E-state index is 11.6. The zero-order valence-electron chi connectivity index (χ0n) is 16.0. The molecule has 0 unspecified atom stereocenters. The van der Waals surface area contributed by atoms with Gasteiger partial charge in [-0.1, -0.05) is 18.2 Å². The van der Waals surface area contributed by atoms with Gasteiger partial charge in [0, 0.05) is 32.7 Å². The number of aromatic amines is 1. The number of fused-ring (bicyclic) bond motifs is 1. The molecule has 1 aromatic heterocycles. The number of piperazine rings is 1. The molecule has 28 heavy (non-hydrogen) atoms. The summed E-state index contributed by atoms with van der Waals surface area (Å²) in [6.45, 7) is 4.79. The smallest absolute Gasteiger partial charge is 0.250 e. The third-order valence-corrected chi connectivity index (χ3v) is 5.31. The zero-order valence-corrected chi connectivity index (χ0v) is 16.0. The number of carbonyl (C=O) groups excluding carboxylic acids is 1. The number of methoxy groups -OCH3 is 1. The molecule has 1 aliphatic rings. The number of anilines is 1. The Hall–Kier alpha value is -3.06. The highest BCUT2D eigenvalue weighted by atomic mass is 16.5. The monoisotopic (exact) mass is 379 g/mol. The summed E-state index contributed by atoms with van der Waals surface area (Å²) in [5.41, 5.74) is 8.73. The number of ether oxygens (including phenoxy) is 1. The number of amides is 1. The molecule has 7 nitrogen and oxygen atoms in total. The van der Waals surface area contributed by atoms with Gasteiger partial charge in [0.15, 0.2) is 0 Å². The van der Waals surface area contributed by atoms with Crippen LogP contribution in [0.5, 0.6) is 5.75 Å². The molecule has 0 spiro atoms. The maximum Gasteiger partial charge on any atom is 0.250 e. The van der Waals surface area contributed by atoms with Crippen molar-refractivity contribution in [3.63, 3.8) is 0 Å². The summed E-state index contributed by atoms with van der Waals surface area (Å²) in [6, 6.07) is 13.7. The van der Waals surface area contributed by atoms with Crippen molar-refractivity contribution in [1.82, 2.24) is 14.9 Å². The van der Waals surface area contributed by atoms with Gasteiger partial charge in [-0.05, 0) is 36.2 Å². The summed E-state index contributed by atoms with van der Waals surface area (Å²) in [5.74, 6) is 1.24. The molecule has 2 heterocycles. The number of hydrogen-bond acceptors (Lipinski definition) is 5. The molecular weight excluding hydrogens is 354 g/mol. The van der Waals surface area contributed by atoms with Crippen LogP contribution in [-0.2, 0) is 6.42 Å². The first-order valence-corrected chi connectivity index (χ1v) is 9.53. The summed E-state index contributed by atoms with van der Waals surface area (Å²) in [6.07, 6.45) is 1.02. The van der Waals surface area contributed by atoms with Gasteiger partial charge in [0.25, 0.3) is 5.91 Å². The number of primary amides is 1. The minimum absolute atomic E-state index is 0.452. The Bertz CT molecular complexity index is 959. The second kappa shape index (κ2) is 7.90. The number of H-pyrrole nitrogens is 1. The van der Waals surface area contributed by atoms with Crippen molar-refractivity contribution in [2.45, 2.75) is 6.42 Å². The lowest BCUT2D eigenvalue weighted by atomic mass is 10.1. The van der Waals surface area contributed by atoms with E-state index in [0.717, 1.165) is 56.4 Å². The normalized spacial score (nSPS) is 15.1. The second-order valence-corrected chi connectivity index (χ2v) is 7.05. The van der Waals surface area contributed by atoms with Crippen molar-refractivity contribution in [3.8, 4) is 5.75 Å².